The zero-order valence-corrected chi connectivity index (χ0v) is 23.1. The van der Waals surface area contributed by atoms with Crippen LogP contribution in [0.4, 0.5) is 0 Å². The van der Waals surface area contributed by atoms with E-state index in [4.69, 9.17) is 0 Å². The van der Waals surface area contributed by atoms with Crippen molar-refractivity contribution in [3.05, 3.63) is 153 Å². The normalized spacial score (nSPS) is 10.4. The van der Waals surface area contributed by atoms with Crippen molar-refractivity contribution < 1.29 is 0 Å². The molecule has 0 atom stereocenters. The van der Waals surface area contributed by atoms with Crippen molar-refractivity contribution in [2.45, 2.75) is 46.5 Å². The van der Waals surface area contributed by atoms with Crippen molar-refractivity contribution in [3.63, 3.8) is 0 Å². The molecule has 0 heteroatoms. The third-order valence-corrected chi connectivity index (χ3v) is 7.17. The number of hydrogen-bond donors (Lipinski definition) is 0. The van der Waals surface area contributed by atoms with Crippen molar-refractivity contribution in [1.82, 2.24) is 0 Å². The van der Waals surface area contributed by atoms with E-state index in [1.54, 1.807) is 0 Å². The summed E-state index contributed by atoms with van der Waals surface area (Å²) >= 11 is 0. The van der Waals surface area contributed by atoms with Gasteiger partial charge in [0.25, 0.3) is 0 Å². The summed E-state index contributed by atoms with van der Waals surface area (Å²) in [5.74, 6) is 13.5. The first-order chi connectivity index (χ1) is 19.1. The highest BCUT2D eigenvalue weighted by molar-refractivity contribution is 5.91. The molecule has 0 heterocycles. The fourth-order valence-corrected chi connectivity index (χ4v) is 4.92. The third-order valence-electron chi connectivity index (χ3n) is 7.17. The number of rotatable bonds is 5. The maximum Gasteiger partial charge on any atom is 0.0327 e. The summed E-state index contributed by atoms with van der Waals surface area (Å²) in [7, 11) is 0. The Labute approximate surface area is 233 Å². The molecule has 0 N–H and O–H groups in total. The minimum atomic E-state index is 0.992. The van der Waals surface area contributed by atoms with Crippen LogP contribution in [-0.4, -0.2) is 0 Å². The van der Waals surface area contributed by atoms with Crippen LogP contribution in [0.15, 0.2) is 103 Å². The Morgan fingerprint density at radius 3 is 1.72 bits per heavy atom. The summed E-state index contributed by atoms with van der Waals surface area (Å²) in [6.07, 6.45) is 4.15. The third kappa shape index (κ3) is 6.68. The van der Waals surface area contributed by atoms with Crippen LogP contribution in [0.3, 0.4) is 0 Å². The zero-order chi connectivity index (χ0) is 27.0. The van der Waals surface area contributed by atoms with Gasteiger partial charge >= 0.3 is 0 Å². The summed E-state index contributed by atoms with van der Waals surface area (Å²) in [4.78, 5) is 0. The molecule has 0 nitrogen and oxygen atoms in total. The van der Waals surface area contributed by atoms with Gasteiger partial charge in [0.1, 0.15) is 0 Å². The van der Waals surface area contributed by atoms with E-state index in [0.29, 0.717) is 0 Å². The highest BCUT2D eigenvalue weighted by Gasteiger charge is 2.07. The zero-order valence-electron chi connectivity index (χ0n) is 23.1. The predicted octanol–water partition coefficient (Wildman–Crippen LogP) is 8.99. The lowest BCUT2D eigenvalue weighted by molar-refractivity contribution is 0.906. The Kier molecular flexibility index (Phi) is 8.26. The monoisotopic (exact) mass is 502 g/mol. The SMILES string of the molecule is CCCc1cc(CCc2ccc(C#Cc3ccc(C)cc3)c3ccccc23)ccc1C#Cc1ccc(C)cc1. The van der Waals surface area contributed by atoms with Gasteiger partial charge < -0.3 is 0 Å². The van der Waals surface area contributed by atoms with Crippen LogP contribution < -0.4 is 0 Å². The van der Waals surface area contributed by atoms with Crippen LogP contribution in [0.25, 0.3) is 10.8 Å². The van der Waals surface area contributed by atoms with Gasteiger partial charge in [-0.25, -0.2) is 0 Å². The molecule has 0 amide bonds. The summed E-state index contributed by atoms with van der Waals surface area (Å²) in [6, 6.07) is 36.8. The molecular weight excluding hydrogens is 468 g/mol. The maximum absolute atomic E-state index is 3.43. The number of aryl methyl sites for hydroxylation is 5. The Bertz CT molecular complexity index is 1710. The fraction of sp³-hybridized carbons (Fsp3) is 0.179. The molecule has 0 spiro atoms. The number of fused-ring (bicyclic) bond motifs is 1. The largest absolute Gasteiger partial charge is 0.0651 e. The minimum Gasteiger partial charge on any atom is -0.0651 e. The molecule has 39 heavy (non-hydrogen) atoms. The van der Waals surface area contributed by atoms with Crippen LogP contribution in [0.1, 0.15) is 63.4 Å². The average Bonchev–Trinajstić information content (AvgIpc) is 2.96. The van der Waals surface area contributed by atoms with E-state index in [0.717, 1.165) is 47.9 Å². The molecule has 0 aliphatic heterocycles. The topological polar surface area (TPSA) is 0 Å². The van der Waals surface area contributed by atoms with Crippen molar-refractivity contribution >= 4 is 10.8 Å². The molecule has 5 aromatic carbocycles. The van der Waals surface area contributed by atoms with E-state index in [-0.39, 0.29) is 0 Å². The van der Waals surface area contributed by atoms with Gasteiger partial charge in [0, 0.05) is 22.3 Å². The lowest BCUT2D eigenvalue weighted by Crippen LogP contribution is -1.97. The first kappa shape index (κ1) is 26.1. The first-order valence-corrected chi connectivity index (χ1v) is 13.9. The molecule has 0 aliphatic rings. The van der Waals surface area contributed by atoms with Gasteiger partial charge in [-0.2, -0.15) is 0 Å². The fourth-order valence-electron chi connectivity index (χ4n) is 4.92. The van der Waals surface area contributed by atoms with Gasteiger partial charge in [-0.05, 0) is 97.0 Å². The Morgan fingerprint density at radius 2 is 1.08 bits per heavy atom. The molecule has 5 rings (SSSR count). The smallest absolute Gasteiger partial charge is 0.0327 e. The maximum atomic E-state index is 3.43. The Balaban J connectivity index is 1.36. The molecule has 0 saturated heterocycles. The quantitative estimate of drug-likeness (QED) is 0.210. The molecule has 0 unspecified atom stereocenters. The summed E-state index contributed by atoms with van der Waals surface area (Å²) in [5, 5.41) is 2.52. The van der Waals surface area contributed by atoms with Crippen molar-refractivity contribution in [3.8, 4) is 23.7 Å². The van der Waals surface area contributed by atoms with Crippen LogP contribution in [0.2, 0.25) is 0 Å². The van der Waals surface area contributed by atoms with E-state index in [1.807, 2.05) is 0 Å². The van der Waals surface area contributed by atoms with Gasteiger partial charge in [-0.3, -0.25) is 0 Å². The van der Waals surface area contributed by atoms with E-state index < -0.39 is 0 Å². The Hall–Kier alpha value is -4.52. The second-order valence-corrected chi connectivity index (χ2v) is 10.3. The minimum absolute atomic E-state index is 0.992. The van der Waals surface area contributed by atoms with Crippen molar-refractivity contribution in [1.29, 1.82) is 0 Å². The van der Waals surface area contributed by atoms with E-state index >= 15 is 0 Å². The molecule has 0 saturated carbocycles. The lowest BCUT2D eigenvalue weighted by Gasteiger charge is -2.11. The summed E-state index contributed by atoms with van der Waals surface area (Å²) < 4.78 is 0. The van der Waals surface area contributed by atoms with Crippen LogP contribution in [0.5, 0.6) is 0 Å². The standard InChI is InChI=1S/C39H34/c1-4-7-37-28-33(20-23-34(37)22-18-31-14-10-29(2)11-15-31)21-25-36-27-26-35(38-8-5-6-9-39(36)38)24-19-32-16-12-30(3)13-17-32/h5-6,8-17,20,23,26-28H,4,7,21,25H2,1-3H3. The molecule has 5 aromatic rings. The lowest BCUT2D eigenvalue weighted by atomic mass is 9.93. The molecule has 0 aromatic heterocycles. The molecule has 0 bridgehead atoms. The number of benzene rings is 5. The van der Waals surface area contributed by atoms with Crippen molar-refractivity contribution in [2.24, 2.45) is 0 Å². The van der Waals surface area contributed by atoms with Gasteiger partial charge in [-0.1, -0.05) is 115 Å². The molecule has 0 aliphatic carbocycles. The van der Waals surface area contributed by atoms with Gasteiger partial charge in [0.15, 0.2) is 0 Å². The van der Waals surface area contributed by atoms with Crippen LogP contribution in [0, 0.1) is 37.5 Å². The highest BCUT2D eigenvalue weighted by atomic mass is 14.1. The van der Waals surface area contributed by atoms with Crippen LogP contribution in [-0.2, 0) is 19.3 Å². The molecular formula is C39H34. The number of hydrogen-bond acceptors (Lipinski definition) is 0. The van der Waals surface area contributed by atoms with Crippen LogP contribution >= 0.6 is 0 Å². The van der Waals surface area contributed by atoms with Gasteiger partial charge in [-0.15, -0.1) is 0 Å². The van der Waals surface area contributed by atoms with Gasteiger partial charge in [0.05, 0.1) is 0 Å². The molecule has 0 radical (unpaired) electrons. The summed E-state index contributed by atoms with van der Waals surface area (Å²) in [5.41, 5.74) is 10.9. The molecule has 190 valence electrons. The van der Waals surface area contributed by atoms with Gasteiger partial charge in [0.2, 0.25) is 0 Å². The first-order valence-electron chi connectivity index (χ1n) is 13.9. The second-order valence-electron chi connectivity index (χ2n) is 10.3. The molecule has 0 fully saturated rings. The predicted molar refractivity (Wildman–Crippen MR) is 166 cm³/mol. The Morgan fingerprint density at radius 1 is 0.487 bits per heavy atom. The van der Waals surface area contributed by atoms with E-state index in [2.05, 4.69) is 148 Å². The highest BCUT2D eigenvalue weighted by Crippen LogP contribution is 2.24. The van der Waals surface area contributed by atoms with Crippen molar-refractivity contribution in [2.75, 3.05) is 0 Å². The van der Waals surface area contributed by atoms with E-state index in [9.17, 15) is 0 Å². The average molecular weight is 503 g/mol. The summed E-state index contributed by atoms with van der Waals surface area (Å²) in [6.45, 7) is 6.44. The second kappa shape index (κ2) is 12.3. The van der Waals surface area contributed by atoms with E-state index in [1.165, 1.54) is 38.6 Å².